The maximum absolute atomic E-state index is 14.0. The first-order valence-corrected chi connectivity index (χ1v) is 15.1. The molecule has 3 aromatic rings. The third-order valence-electron chi connectivity index (χ3n) is 8.42. The molecule has 1 aromatic heterocycles. The second-order valence-electron chi connectivity index (χ2n) is 12.7. The molecule has 1 unspecified atom stereocenters. The highest BCUT2D eigenvalue weighted by Crippen LogP contribution is 2.43. The smallest absolute Gasteiger partial charge is 0.310 e. The van der Waals surface area contributed by atoms with Gasteiger partial charge in [-0.05, 0) is 94.2 Å². The van der Waals surface area contributed by atoms with Crippen LogP contribution in [0.4, 0.5) is 10.1 Å². The van der Waals surface area contributed by atoms with Crippen LogP contribution in [0.25, 0.3) is 11.1 Å². The Bertz CT molecular complexity index is 1440. The Morgan fingerprint density at radius 3 is 2.57 bits per heavy atom. The van der Waals surface area contributed by atoms with Gasteiger partial charge < -0.3 is 19.1 Å². The SMILES string of the molecule is Cc1nc(C)c(-c2ccc3c(c2)CCC(COc2ccccc2F)O3)c(N2CCC(C)(C)CC2)c1CC(=O)OC(C)C. The van der Waals surface area contributed by atoms with Crippen LogP contribution >= 0.6 is 0 Å². The summed E-state index contributed by atoms with van der Waals surface area (Å²) in [7, 11) is 0. The van der Waals surface area contributed by atoms with Crippen molar-refractivity contribution in [3.63, 3.8) is 0 Å². The molecule has 1 atom stereocenters. The molecule has 224 valence electrons. The minimum Gasteiger partial charge on any atom is -0.487 e. The van der Waals surface area contributed by atoms with Crippen molar-refractivity contribution in [2.24, 2.45) is 5.41 Å². The van der Waals surface area contributed by atoms with Crippen molar-refractivity contribution in [2.75, 3.05) is 24.6 Å². The lowest BCUT2D eigenvalue weighted by Crippen LogP contribution is -2.38. The number of rotatable bonds is 8. The molecule has 0 bridgehead atoms. The van der Waals surface area contributed by atoms with E-state index in [4.69, 9.17) is 19.2 Å². The Balaban J connectivity index is 1.46. The summed E-state index contributed by atoms with van der Waals surface area (Å²) in [6, 6.07) is 12.8. The summed E-state index contributed by atoms with van der Waals surface area (Å²) in [4.78, 5) is 20.3. The number of aryl methyl sites for hydroxylation is 3. The lowest BCUT2D eigenvalue weighted by Gasteiger charge is -2.40. The third-order valence-corrected chi connectivity index (χ3v) is 8.42. The second-order valence-corrected chi connectivity index (χ2v) is 12.7. The highest BCUT2D eigenvalue weighted by atomic mass is 19.1. The van der Waals surface area contributed by atoms with E-state index in [1.165, 1.54) is 6.07 Å². The number of hydrogen-bond acceptors (Lipinski definition) is 6. The zero-order valence-corrected chi connectivity index (χ0v) is 25.8. The molecule has 0 radical (unpaired) electrons. The number of carbonyl (C=O) groups excluding carboxylic acids is 1. The van der Waals surface area contributed by atoms with E-state index in [1.54, 1.807) is 18.2 Å². The van der Waals surface area contributed by atoms with Gasteiger partial charge in [0.15, 0.2) is 11.6 Å². The molecule has 1 fully saturated rings. The van der Waals surface area contributed by atoms with Gasteiger partial charge in [-0.3, -0.25) is 9.78 Å². The van der Waals surface area contributed by atoms with Crippen molar-refractivity contribution in [3.05, 3.63) is 70.8 Å². The minimum absolute atomic E-state index is 0.156. The zero-order chi connectivity index (χ0) is 30.0. The standard InChI is InChI=1S/C35H43FN2O4/c1-22(2)41-32(39)20-28-23(3)37-24(4)33(34(28)38-17-15-35(5,6)16-18-38)26-12-14-30-25(19-26)11-13-27(42-30)21-40-31-10-8-7-9-29(31)36/h7-10,12,14,19,22,27H,11,13,15-18,20-21H2,1-6H3. The van der Waals surface area contributed by atoms with Gasteiger partial charge in [0.05, 0.1) is 18.2 Å². The molecule has 7 heteroatoms. The van der Waals surface area contributed by atoms with E-state index in [2.05, 4.69) is 37.8 Å². The van der Waals surface area contributed by atoms with E-state index in [0.717, 1.165) is 83.9 Å². The summed E-state index contributed by atoms with van der Waals surface area (Å²) in [5.41, 5.74) is 7.42. The molecule has 42 heavy (non-hydrogen) atoms. The fourth-order valence-electron chi connectivity index (χ4n) is 6.02. The molecule has 3 heterocycles. The quantitative estimate of drug-likeness (QED) is 0.261. The van der Waals surface area contributed by atoms with E-state index >= 15 is 0 Å². The van der Waals surface area contributed by atoms with Crippen molar-refractivity contribution < 1.29 is 23.4 Å². The largest absolute Gasteiger partial charge is 0.487 e. The first-order valence-electron chi connectivity index (χ1n) is 15.1. The maximum Gasteiger partial charge on any atom is 0.310 e. The Morgan fingerprint density at radius 2 is 1.86 bits per heavy atom. The molecule has 0 amide bonds. The molecule has 2 aromatic carbocycles. The number of halogens is 1. The van der Waals surface area contributed by atoms with E-state index in [1.807, 2.05) is 26.8 Å². The average Bonchev–Trinajstić information content (AvgIpc) is 2.93. The van der Waals surface area contributed by atoms with Crippen LogP contribution in [0.5, 0.6) is 11.5 Å². The van der Waals surface area contributed by atoms with Gasteiger partial charge in [-0.25, -0.2) is 4.39 Å². The number of esters is 1. The van der Waals surface area contributed by atoms with Crippen molar-refractivity contribution in [1.82, 2.24) is 4.98 Å². The number of aromatic nitrogens is 1. The highest BCUT2D eigenvalue weighted by Gasteiger charge is 2.31. The molecule has 0 spiro atoms. The minimum atomic E-state index is -0.370. The number of pyridine rings is 1. The second kappa shape index (κ2) is 12.3. The Kier molecular flexibility index (Phi) is 8.76. The van der Waals surface area contributed by atoms with Gasteiger partial charge in [-0.1, -0.05) is 32.0 Å². The zero-order valence-electron chi connectivity index (χ0n) is 25.8. The van der Waals surface area contributed by atoms with Gasteiger partial charge >= 0.3 is 5.97 Å². The highest BCUT2D eigenvalue weighted by molar-refractivity contribution is 5.87. The van der Waals surface area contributed by atoms with Gasteiger partial charge in [0.25, 0.3) is 0 Å². The molecule has 2 aliphatic heterocycles. The number of piperidine rings is 1. The van der Waals surface area contributed by atoms with Crippen molar-refractivity contribution in [1.29, 1.82) is 0 Å². The lowest BCUT2D eigenvalue weighted by atomic mass is 9.82. The van der Waals surface area contributed by atoms with Crippen molar-refractivity contribution in [2.45, 2.75) is 85.9 Å². The summed E-state index contributed by atoms with van der Waals surface area (Å²) in [6.45, 7) is 14.6. The summed E-state index contributed by atoms with van der Waals surface area (Å²) in [5.74, 6) is 0.467. The van der Waals surface area contributed by atoms with E-state index in [0.29, 0.717) is 5.41 Å². The van der Waals surface area contributed by atoms with Gasteiger partial charge in [-0.2, -0.15) is 0 Å². The Hall–Kier alpha value is -3.61. The molecular formula is C35H43FN2O4. The Morgan fingerprint density at radius 1 is 1.12 bits per heavy atom. The van der Waals surface area contributed by atoms with Crippen LogP contribution in [0, 0.1) is 25.1 Å². The van der Waals surface area contributed by atoms with Crippen LogP contribution in [-0.4, -0.2) is 42.9 Å². The summed E-state index contributed by atoms with van der Waals surface area (Å²) in [6.07, 6.45) is 3.63. The van der Waals surface area contributed by atoms with E-state index in [-0.39, 0.29) is 42.8 Å². The monoisotopic (exact) mass is 574 g/mol. The maximum atomic E-state index is 14.0. The first kappa shape index (κ1) is 29.9. The molecule has 0 saturated carbocycles. The van der Waals surface area contributed by atoms with E-state index < -0.39 is 0 Å². The van der Waals surface area contributed by atoms with Crippen molar-refractivity contribution >= 4 is 11.7 Å². The topological polar surface area (TPSA) is 60.9 Å². The van der Waals surface area contributed by atoms with E-state index in [9.17, 15) is 9.18 Å². The lowest BCUT2D eigenvalue weighted by molar-refractivity contribution is -0.146. The predicted molar refractivity (Wildman–Crippen MR) is 164 cm³/mol. The van der Waals surface area contributed by atoms with Crippen LogP contribution in [0.3, 0.4) is 0 Å². The van der Waals surface area contributed by atoms with Crippen LogP contribution in [-0.2, 0) is 22.4 Å². The summed E-state index contributed by atoms with van der Waals surface area (Å²) in [5, 5.41) is 0. The Labute approximate surface area is 249 Å². The van der Waals surface area contributed by atoms with Gasteiger partial charge in [0, 0.05) is 35.6 Å². The number of fused-ring (bicyclic) bond motifs is 1. The number of nitrogens with zero attached hydrogens (tertiary/aromatic N) is 2. The molecule has 6 nitrogen and oxygen atoms in total. The average molecular weight is 575 g/mol. The van der Waals surface area contributed by atoms with Gasteiger partial charge in [0.1, 0.15) is 18.5 Å². The molecule has 0 N–H and O–H groups in total. The summed E-state index contributed by atoms with van der Waals surface area (Å²) < 4.78 is 31.6. The number of benzene rings is 2. The number of anilines is 1. The predicted octanol–water partition coefficient (Wildman–Crippen LogP) is 7.40. The fraction of sp³-hybridized carbons (Fsp3) is 0.486. The van der Waals surface area contributed by atoms with Crippen LogP contribution in [0.1, 0.15) is 69.5 Å². The number of carbonyl (C=O) groups is 1. The molecule has 2 aliphatic rings. The molecule has 1 saturated heterocycles. The van der Waals surface area contributed by atoms with Crippen LogP contribution in [0.2, 0.25) is 0 Å². The van der Waals surface area contributed by atoms with Crippen LogP contribution in [0.15, 0.2) is 42.5 Å². The van der Waals surface area contributed by atoms with Gasteiger partial charge in [0.2, 0.25) is 0 Å². The molecular weight excluding hydrogens is 531 g/mol. The molecule has 0 aliphatic carbocycles. The van der Waals surface area contributed by atoms with Crippen molar-refractivity contribution in [3.8, 4) is 22.6 Å². The van der Waals surface area contributed by atoms with Gasteiger partial charge in [-0.15, -0.1) is 0 Å². The fourth-order valence-corrected chi connectivity index (χ4v) is 6.02. The number of para-hydroxylation sites is 1. The van der Waals surface area contributed by atoms with Crippen LogP contribution < -0.4 is 14.4 Å². The molecule has 5 rings (SSSR count). The first-order chi connectivity index (χ1) is 20.0. The summed E-state index contributed by atoms with van der Waals surface area (Å²) >= 11 is 0. The number of ether oxygens (including phenoxy) is 3. The normalized spacial score (nSPS) is 17.9. The third kappa shape index (κ3) is 6.71. The number of hydrogen-bond donors (Lipinski definition) is 0.